The van der Waals surface area contributed by atoms with Gasteiger partial charge in [-0.1, -0.05) is 18.3 Å². The van der Waals surface area contributed by atoms with Gasteiger partial charge in [-0.3, -0.25) is 0 Å². The van der Waals surface area contributed by atoms with E-state index in [1.807, 2.05) is 11.3 Å². The molecule has 18 heavy (non-hydrogen) atoms. The van der Waals surface area contributed by atoms with Gasteiger partial charge >= 0.3 is 0 Å². The zero-order chi connectivity index (χ0) is 12.5. The van der Waals surface area contributed by atoms with E-state index in [2.05, 4.69) is 24.2 Å². The van der Waals surface area contributed by atoms with Gasteiger partial charge < -0.3 is 10.2 Å². The van der Waals surface area contributed by atoms with E-state index in [1.54, 1.807) is 0 Å². The molecule has 100 valence electrons. The number of rotatable bonds is 2. The first-order valence-corrected chi connectivity index (χ1v) is 8.01. The maximum absolute atomic E-state index is 4.91. The molecule has 0 spiro atoms. The van der Waals surface area contributed by atoms with Crippen molar-refractivity contribution in [3.8, 4) is 0 Å². The summed E-state index contributed by atoms with van der Waals surface area (Å²) in [6, 6.07) is 0.544. The Kier molecular flexibility index (Phi) is 3.57. The highest BCUT2D eigenvalue weighted by atomic mass is 32.1. The lowest BCUT2D eigenvalue weighted by molar-refractivity contribution is 0.446. The first-order chi connectivity index (χ1) is 8.78. The molecule has 1 aliphatic carbocycles. The maximum Gasteiger partial charge on any atom is 0.185 e. The normalized spacial score (nSPS) is 28.2. The van der Waals surface area contributed by atoms with Crippen molar-refractivity contribution in [2.24, 2.45) is 5.92 Å². The van der Waals surface area contributed by atoms with Crippen LogP contribution in [-0.2, 0) is 6.42 Å². The second-order valence-electron chi connectivity index (χ2n) is 5.73. The molecule has 3 rings (SSSR count). The number of hydrogen-bond acceptors (Lipinski definition) is 4. The van der Waals surface area contributed by atoms with E-state index in [9.17, 15) is 0 Å². The maximum atomic E-state index is 4.91. The fraction of sp³-hybridized carbons (Fsp3) is 0.786. The van der Waals surface area contributed by atoms with Crippen LogP contribution in [0.4, 0.5) is 5.13 Å². The van der Waals surface area contributed by atoms with Crippen LogP contribution < -0.4 is 10.2 Å². The van der Waals surface area contributed by atoms with Crippen molar-refractivity contribution < 1.29 is 0 Å². The highest BCUT2D eigenvalue weighted by Gasteiger charge is 2.26. The predicted molar refractivity (Wildman–Crippen MR) is 77.5 cm³/mol. The van der Waals surface area contributed by atoms with E-state index in [4.69, 9.17) is 4.98 Å². The van der Waals surface area contributed by atoms with Crippen LogP contribution in [0, 0.1) is 5.92 Å². The van der Waals surface area contributed by atoms with Crippen molar-refractivity contribution in [1.82, 2.24) is 10.3 Å². The number of fused-ring (bicyclic) bond motifs is 1. The number of anilines is 1. The monoisotopic (exact) mass is 265 g/mol. The van der Waals surface area contributed by atoms with Crippen molar-refractivity contribution in [3.05, 3.63) is 10.6 Å². The standard InChI is InChI=1S/C14H23N3S/c1-10-5-4-8-17(9-10)14-16-12-7-3-6-11(15-2)13(12)18-14/h10-11,15H,3-9H2,1-2H3. The SMILES string of the molecule is CNC1CCCc2nc(N3CCCC(C)C3)sc21. The molecule has 2 atom stereocenters. The Morgan fingerprint density at radius 3 is 3.00 bits per heavy atom. The first-order valence-electron chi connectivity index (χ1n) is 7.19. The third-order valence-electron chi connectivity index (χ3n) is 4.22. The molecule has 1 N–H and O–H groups in total. The smallest absolute Gasteiger partial charge is 0.185 e. The summed E-state index contributed by atoms with van der Waals surface area (Å²) in [6.45, 7) is 4.74. The molecule has 2 heterocycles. The molecular weight excluding hydrogens is 242 g/mol. The van der Waals surface area contributed by atoms with Crippen LogP contribution in [0.2, 0.25) is 0 Å². The Morgan fingerprint density at radius 2 is 2.22 bits per heavy atom. The Balaban J connectivity index is 1.83. The van der Waals surface area contributed by atoms with Gasteiger partial charge in [0.2, 0.25) is 0 Å². The van der Waals surface area contributed by atoms with Crippen LogP contribution in [0.3, 0.4) is 0 Å². The van der Waals surface area contributed by atoms with Crippen LogP contribution in [0.1, 0.15) is 49.2 Å². The van der Waals surface area contributed by atoms with Gasteiger partial charge in [0.1, 0.15) is 0 Å². The van der Waals surface area contributed by atoms with Gasteiger partial charge in [0, 0.05) is 24.0 Å². The zero-order valence-corrected chi connectivity index (χ0v) is 12.2. The lowest BCUT2D eigenvalue weighted by Crippen LogP contribution is -2.34. The molecule has 0 saturated carbocycles. The molecule has 1 aromatic heterocycles. The number of piperidine rings is 1. The number of aryl methyl sites for hydroxylation is 1. The molecule has 1 aliphatic heterocycles. The van der Waals surface area contributed by atoms with Crippen molar-refractivity contribution >= 4 is 16.5 Å². The fourth-order valence-corrected chi connectivity index (χ4v) is 4.47. The first kappa shape index (κ1) is 12.4. The molecule has 4 heteroatoms. The summed E-state index contributed by atoms with van der Waals surface area (Å²) >= 11 is 1.93. The molecule has 2 unspecified atom stereocenters. The summed E-state index contributed by atoms with van der Waals surface area (Å²) in [5, 5.41) is 4.71. The highest BCUT2D eigenvalue weighted by Crippen LogP contribution is 2.38. The van der Waals surface area contributed by atoms with Gasteiger partial charge in [0.05, 0.1) is 5.69 Å². The molecule has 3 nitrogen and oxygen atoms in total. The molecule has 1 fully saturated rings. The molecule has 0 bridgehead atoms. The average molecular weight is 265 g/mol. The quantitative estimate of drug-likeness (QED) is 0.891. The minimum absolute atomic E-state index is 0.544. The van der Waals surface area contributed by atoms with E-state index in [1.165, 1.54) is 60.9 Å². The van der Waals surface area contributed by atoms with Gasteiger partial charge in [-0.05, 0) is 45.1 Å². The fourth-order valence-electron chi connectivity index (χ4n) is 3.18. The van der Waals surface area contributed by atoms with Crippen LogP contribution in [0.5, 0.6) is 0 Å². The van der Waals surface area contributed by atoms with E-state index in [0.717, 1.165) is 5.92 Å². The summed E-state index contributed by atoms with van der Waals surface area (Å²) in [5.41, 5.74) is 1.36. The average Bonchev–Trinajstić information content (AvgIpc) is 2.82. The van der Waals surface area contributed by atoms with Crippen LogP contribution in [-0.4, -0.2) is 25.1 Å². The Morgan fingerprint density at radius 1 is 1.33 bits per heavy atom. The van der Waals surface area contributed by atoms with E-state index < -0.39 is 0 Å². The number of thiazole rings is 1. The lowest BCUT2D eigenvalue weighted by Gasteiger charge is -2.30. The third-order valence-corrected chi connectivity index (χ3v) is 5.49. The number of nitrogens with one attached hydrogen (secondary N) is 1. The van der Waals surface area contributed by atoms with Gasteiger partial charge in [-0.15, -0.1) is 0 Å². The molecule has 0 aromatic carbocycles. The van der Waals surface area contributed by atoms with Crippen molar-refractivity contribution in [2.75, 3.05) is 25.0 Å². The number of hydrogen-bond donors (Lipinski definition) is 1. The van der Waals surface area contributed by atoms with Crippen molar-refractivity contribution in [1.29, 1.82) is 0 Å². The highest BCUT2D eigenvalue weighted by molar-refractivity contribution is 7.15. The Bertz CT molecular complexity index is 415. The predicted octanol–water partition coefficient (Wildman–Crippen LogP) is 2.98. The largest absolute Gasteiger partial charge is 0.348 e. The third kappa shape index (κ3) is 2.28. The van der Waals surface area contributed by atoms with E-state index in [0.29, 0.717) is 6.04 Å². The van der Waals surface area contributed by atoms with Crippen LogP contribution in [0.15, 0.2) is 0 Å². The minimum Gasteiger partial charge on any atom is -0.348 e. The van der Waals surface area contributed by atoms with E-state index >= 15 is 0 Å². The molecule has 0 amide bonds. The minimum atomic E-state index is 0.544. The lowest BCUT2D eigenvalue weighted by atomic mass is 9.98. The zero-order valence-electron chi connectivity index (χ0n) is 11.4. The molecule has 1 saturated heterocycles. The van der Waals surface area contributed by atoms with Gasteiger partial charge in [0.25, 0.3) is 0 Å². The van der Waals surface area contributed by atoms with Crippen LogP contribution in [0.25, 0.3) is 0 Å². The summed E-state index contributed by atoms with van der Waals surface area (Å²) in [4.78, 5) is 8.91. The van der Waals surface area contributed by atoms with Crippen molar-refractivity contribution in [3.63, 3.8) is 0 Å². The van der Waals surface area contributed by atoms with Gasteiger partial charge in [-0.2, -0.15) is 0 Å². The number of nitrogens with zero attached hydrogens (tertiary/aromatic N) is 2. The second kappa shape index (κ2) is 5.17. The Hall–Kier alpha value is -0.610. The van der Waals surface area contributed by atoms with Gasteiger partial charge in [-0.25, -0.2) is 4.98 Å². The van der Waals surface area contributed by atoms with Gasteiger partial charge in [0.15, 0.2) is 5.13 Å². The second-order valence-corrected chi connectivity index (χ2v) is 6.74. The summed E-state index contributed by atoms with van der Waals surface area (Å²) in [6.07, 6.45) is 6.41. The summed E-state index contributed by atoms with van der Waals surface area (Å²) in [7, 11) is 2.07. The van der Waals surface area contributed by atoms with Crippen molar-refractivity contribution in [2.45, 2.75) is 45.1 Å². The summed E-state index contributed by atoms with van der Waals surface area (Å²) < 4.78 is 0. The molecule has 1 aromatic rings. The molecule has 0 radical (unpaired) electrons. The number of aromatic nitrogens is 1. The van der Waals surface area contributed by atoms with E-state index in [-0.39, 0.29) is 0 Å². The topological polar surface area (TPSA) is 28.2 Å². The summed E-state index contributed by atoms with van der Waals surface area (Å²) in [5.74, 6) is 0.819. The molecule has 2 aliphatic rings. The van der Waals surface area contributed by atoms with Crippen LogP contribution >= 0.6 is 11.3 Å². The Labute approximate surface area is 114 Å². The molecular formula is C14H23N3S.